The number of amides is 1. The number of imidazole rings is 1. The molecule has 1 atom stereocenters. The monoisotopic (exact) mass is 464 g/mol. The third kappa shape index (κ3) is 4.96. The second-order valence-corrected chi connectivity index (χ2v) is 8.33. The van der Waals surface area contributed by atoms with Crippen molar-refractivity contribution in [2.75, 3.05) is 6.54 Å². The highest BCUT2D eigenvalue weighted by atomic mass is 19.1. The van der Waals surface area contributed by atoms with Crippen molar-refractivity contribution < 1.29 is 9.18 Å². The molecular formula is C29H25FN4O. The van der Waals surface area contributed by atoms with Crippen LogP contribution in [0.1, 0.15) is 28.7 Å². The summed E-state index contributed by atoms with van der Waals surface area (Å²) >= 11 is 0. The van der Waals surface area contributed by atoms with E-state index in [0.717, 1.165) is 22.3 Å². The smallest absolute Gasteiger partial charge is 0.247 e. The van der Waals surface area contributed by atoms with Gasteiger partial charge >= 0.3 is 0 Å². The van der Waals surface area contributed by atoms with Gasteiger partial charge in [0.1, 0.15) is 17.7 Å². The van der Waals surface area contributed by atoms with Crippen LogP contribution in [0.4, 0.5) is 4.39 Å². The molecule has 1 N–H and O–H groups in total. The van der Waals surface area contributed by atoms with Gasteiger partial charge in [-0.1, -0.05) is 66.7 Å². The Balaban J connectivity index is 1.54. The number of carbonyl (C=O) groups excluding carboxylic acids is 1. The Morgan fingerprint density at radius 1 is 0.886 bits per heavy atom. The molecule has 0 saturated heterocycles. The molecule has 174 valence electrons. The second kappa shape index (κ2) is 10.3. The molecule has 6 heteroatoms. The molecule has 1 unspecified atom stereocenters. The van der Waals surface area contributed by atoms with Crippen LogP contribution >= 0.6 is 0 Å². The number of fused-ring (bicyclic) bond motifs is 1. The van der Waals surface area contributed by atoms with Gasteiger partial charge in [0.05, 0.1) is 11.0 Å². The van der Waals surface area contributed by atoms with Gasteiger partial charge in [-0.25, -0.2) is 9.37 Å². The number of carbonyl (C=O) groups is 1. The topological polar surface area (TPSA) is 59.8 Å². The van der Waals surface area contributed by atoms with Crippen molar-refractivity contribution in [2.24, 2.45) is 0 Å². The van der Waals surface area contributed by atoms with Crippen LogP contribution in [0.3, 0.4) is 0 Å². The molecule has 3 aromatic carbocycles. The maximum atomic E-state index is 14.6. The number of halogens is 1. The largest absolute Gasteiger partial charge is 0.354 e. The molecule has 0 radical (unpaired) electrons. The standard InChI is InChI=1S/C29H25FN4O/c30-24-14-5-4-12-22(24)20-27-33-25-15-6-7-16-26(25)34(27)28(21-10-2-1-3-11-21)29(35)32-19-17-23-13-8-9-18-31-23/h1-16,18,28H,17,19-20H2,(H,32,35). The van der Waals surface area contributed by atoms with Gasteiger partial charge in [0.2, 0.25) is 5.91 Å². The molecule has 5 aromatic rings. The summed E-state index contributed by atoms with van der Waals surface area (Å²) in [7, 11) is 0. The van der Waals surface area contributed by atoms with Crippen LogP contribution in [0.15, 0.2) is 103 Å². The first-order valence-corrected chi connectivity index (χ1v) is 11.6. The van der Waals surface area contributed by atoms with E-state index in [1.54, 1.807) is 18.3 Å². The number of benzene rings is 3. The molecule has 0 aliphatic heterocycles. The fourth-order valence-corrected chi connectivity index (χ4v) is 4.33. The van der Waals surface area contributed by atoms with Crippen LogP contribution in [0.5, 0.6) is 0 Å². The Hall–Kier alpha value is -4.32. The lowest BCUT2D eigenvalue weighted by Crippen LogP contribution is -2.35. The summed E-state index contributed by atoms with van der Waals surface area (Å²) in [6, 6.07) is 29.1. The third-order valence-corrected chi connectivity index (χ3v) is 6.00. The van der Waals surface area contributed by atoms with Gasteiger partial charge < -0.3 is 9.88 Å². The zero-order chi connectivity index (χ0) is 24.0. The van der Waals surface area contributed by atoms with E-state index < -0.39 is 6.04 Å². The zero-order valence-corrected chi connectivity index (χ0v) is 19.1. The Morgan fingerprint density at radius 2 is 1.63 bits per heavy atom. The molecule has 1 amide bonds. The van der Waals surface area contributed by atoms with Crippen molar-refractivity contribution in [1.82, 2.24) is 19.9 Å². The van der Waals surface area contributed by atoms with Crippen LogP contribution in [-0.2, 0) is 17.6 Å². The van der Waals surface area contributed by atoms with Crippen molar-refractivity contribution in [3.63, 3.8) is 0 Å². The molecule has 0 bridgehead atoms. The number of rotatable bonds is 8. The van der Waals surface area contributed by atoms with E-state index >= 15 is 0 Å². The van der Waals surface area contributed by atoms with Gasteiger partial charge in [0.15, 0.2) is 0 Å². The predicted molar refractivity (Wildman–Crippen MR) is 134 cm³/mol. The summed E-state index contributed by atoms with van der Waals surface area (Å²) in [5.74, 6) is 0.192. The van der Waals surface area contributed by atoms with Crippen LogP contribution in [0.2, 0.25) is 0 Å². The van der Waals surface area contributed by atoms with E-state index in [2.05, 4.69) is 10.3 Å². The van der Waals surface area contributed by atoms with E-state index in [1.165, 1.54) is 6.07 Å². The molecule has 0 aliphatic carbocycles. The highest BCUT2D eigenvalue weighted by molar-refractivity contribution is 5.87. The van der Waals surface area contributed by atoms with Crippen LogP contribution in [0, 0.1) is 5.82 Å². The highest BCUT2D eigenvalue weighted by Crippen LogP contribution is 2.28. The molecule has 5 nitrogen and oxygen atoms in total. The van der Waals surface area contributed by atoms with Crippen molar-refractivity contribution in [1.29, 1.82) is 0 Å². The van der Waals surface area contributed by atoms with Gasteiger partial charge in [-0.3, -0.25) is 9.78 Å². The number of nitrogens with zero attached hydrogens (tertiary/aromatic N) is 3. The van der Waals surface area contributed by atoms with Gasteiger partial charge in [-0.05, 0) is 41.5 Å². The Labute approximate surface area is 203 Å². The zero-order valence-electron chi connectivity index (χ0n) is 19.1. The molecule has 0 saturated carbocycles. The summed E-state index contributed by atoms with van der Waals surface area (Å²) < 4.78 is 16.5. The van der Waals surface area contributed by atoms with Gasteiger partial charge in [0, 0.05) is 31.3 Å². The fourth-order valence-electron chi connectivity index (χ4n) is 4.33. The molecule has 2 aromatic heterocycles. The predicted octanol–water partition coefficient (Wildman–Crippen LogP) is 5.11. The van der Waals surface area contributed by atoms with Crippen LogP contribution in [-0.4, -0.2) is 27.0 Å². The minimum Gasteiger partial charge on any atom is -0.354 e. The van der Waals surface area contributed by atoms with E-state index in [1.807, 2.05) is 83.4 Å². The van der Waals surface area contributed by atoms with E-state index in [4.69, 9.17) is 4.98 Å². The lowest BCUT2D eigenvalue weighted by Gasteiger charge is -2.22. The van der Waals surface area contributed by atoms with Crippen molar-refractivity contribution >= 4 is 16.9 Å². The van der Waals surface area contributed by atoms with Crippen LogP contribution < -0.4 is 5.32 Å². The summed E-state index contributed by atoms with van der Waals surface area (Å²) in [6.45, 7) is 0.453. The van der Waals surface area contributed by atoms with Crippen molar-refractivity contribution in [3.8, 4) is 0 Å². The first kappa shape index (κ1) is 22.5. The maximum Gasteiger partial charge on any atom is 0.247 e. The molecule has 2 heterocycles. The normalized spacial score (nSPS) is 11.9. The van der Waals surface area contributed by atoms with Crippen LogP contribution in [0.25, 0.3) is 11.0 Å². The molecular weight excluding hydrogens is 439 g/mol. The molecule has 0 fully saturated rings. The highest BCUT2D eigenvalue weighted by Gasteiger charge is 2.27. The number of hydrogen-bond donors (Lipinski definition) is 1. The number of aromatic nitrogens is 3. The first-order valence-electron chi connectivity index (χ1n) is 11.6. The summed E-state index contributed by atoms with van der Waals surface area (Å²) in [5, 5.41) is 3.08. The average Bonchev–Trinajstić information content (AvgIpc) is 3.24. The third-order valence-electron chi connectivity index (χ3n) is 6.00. The lowest BCUT2D eigenvalue weighted by atomic mass is 10.0. The quantitative estimate of drug-likeness (QED) is 0.347. The second-order valence-electron chi connectivity index (χ2n) is 8.33. The lowest BCUT2D eigenvalue weighted by molar-refractivity contribution is -0.123. The minimum atomic E-state index is -0.658. The van der Waals surface area contributed by atoms with Gasteiger partial charge in [-0.15, -0.1) is 0 Å². The minimum absolute atomic E-state index is 0.148. The fraction of sp³-hybridized carbons (Fsp3) is 0.138. The molecule has 5 rings (SSSR count). The Morgan fingerprint density at radius 3 is 2.43 bits per heavy atom. The number of hydrogen-bond acceptors (Lipinski definition) is 3. The van der Waals surface area contributed by atoms with E-state index in [-0.39, 0.29) is 18.1 Å². The first-order chi connectivity index (χ1) is 17.2. The van der Waals surface area contributed by atoms with Crippen molar-refractivity contribution in [3.05, 3.63) is 132 Å². The summed E-state index contributed by atoms with van der Waals surface area (Å²) in [5.41, 5.74) is 3.87. The molecule has 0 aliphatic rings. The Bertz CT molecular complexity index is 1430. The van der Waals surface area contributed by atoms with E-state index in [0.29, 0.717) is 24.4 Å². The number of nitrogens with one attached hydrogen (secondary N) is 1. The SMILES string of the molecule is O=C(NCCc1ccccn1)C(c1ccccc1)n1c(Cc2ccccc2F)nc2ccccc21. The molecule has 35 heavy (non-hydrogen) atoms. The number of pyridine rings is 1. The van der Waals surface area contributed by atoms with Gasteiger partial charge in [0.25, 0.3) is 0 Å². The van der Waals surface area contributed by atoms with E-state index in [9.17, 15) is 9.18 Å². The van der Waals surface area contributed by atoms with Gasteiger partial charge in [-0.2, -0.15) is 0 Å². The summed E-state index contributed by atoms with van der Waals surface area (Å²) in [4.78, 5) is 22.8. The number of para-hydroxylation sites is 2. The Kier molecular flexibility index (Phi) is 6.61. The van der Waals surface area contributed by atoms with Crippen molar-refractivity contribution in [2.45, 2.75) is 18.9 Å². The molecule has 0 spiro atoms. The average molecular weight is 465 g/mol. The maximum absolute atomic E-state index is 14.6. The summed E-state index contributed by atoms with van der Waals surface area (Å²) in [6.07, 6.45) is 2.64.